The monoisotopic (exact) mass is 332 g/mol. The number of rotatable bonds is 5. The molecule has 0 saturated carbocycles. The highest BCUT2D eigenvalue weighted by Crippen LogP contribution is 2.29. The van der Waals surface area contributed by atoms with E-state index in [1.807, 2.05) is 26.1 Å². The highest BCUT2D eigenvalue weighted by molar-refractivity contribution is 6.32. The van der Waals surface area contributed by atoms with Crippen molar-refractivity contribution >= 4 is 34.8 Å². The summed E-state index contributed by atoms with van der Waals surface area (Å²) in [5, 5.41) is 5.61. The van der Waals surface area contributed by atoms with Crippen molar-refractivity contribution in [3.63, 3.8) is 0 Å². The summed E-state index contributed by atoms with van der Waals surface area (Å²) in [6.07, 6.45) is 0.788. The number of ether oxygens (including phenoxy) is 1. The normalized spacial score (nSPS) is 10.8. The van der Waals surface area contributed by atoms with Crippen LogP contribution in [0.2, 0.25) is 10.0 Å². The van der Waals surface area contributed by atoms with Crippen molar-refractivity contribution in [1.29, 1.82) is 0 Å². The van der Waals surface area contributed by atoms with Crippen LogP contribution in [-0.2, 0) is 26.0 Å². The van der Waals surface area contributed by atoms with Gasteiger partial charge in [-0.3, -0.25) is 4.68 Å². The molecular weight excluding hydrogens is 319 g/mol. The van der Waals surface area contributed by atoms with Gasteiger partial charge in [-0.1, -0.05) is 36.2 Å². The Labute approximate surface area is 133 Å². The number of halogens is 3. The molecule has 0 amide bonds. The standard InChI is InChI=1S/C14H15Cl3N2O/c1-3-11-14(17)12(19(2)18-11)8-20-13-6-4-5-10(16)9(13)7-15/h4-6H,3,7-8H2,1-2H3. The number of benzene rings is 1. The van der Waals surface area contributed by atoms with Crippen LogP contribution in [0.4, 0.5) is 0 Å². The molecule has 0 unspecified atom stereocenters. The van der Waals surface area contributed by atoms with Crippen molar-refractivity contribution in [3.8, 4) is 5.75 Å². The van der Waals surface area contributed by atoms with Gasteiger partial charge in [-0.2, -0.15) is 5.10 Å². The van der Waals surface area contributed by atoms with Crippen LogP contribution in [0.15, 0.2) is 18.2 Å². The molecule has 6 heteroatoms. The average molecular weight is 334 g/mol. The van der Waals surface area contributed by atoms with Crippen LogP contribution in [0.25, 0.3) is 0 Å². The fourth-order valence-electron chi connectivity index (χ4n) is 1.93. The van der Waals surface area contributed by atoms with E-state index in [4.69, 9.17) is 39.5 Å². The maximum atomic E-state index is 6.29. The molecule has 0 spiro atoms. The second-order valence-electron chi connectivity index (χ2n) is 4.32. The Hall–Kier alpha value is -0.900. The average Bonchev–Trinajstić information content (AvgIpc) is 2.71. The van der Waals surface area contributed by atoms with Crippen molar-refractivity contribution in [3.05, 3.63) is 45.2 Å². The zero-order valence-corrected chi connectivity index (χ0v) is 13.6. The summed E-state index contributed by atoms with van der Waals surface area (Å²) in [5.41, 5.74) is 2.49. The molecule has 2 aromatic rings. The second kappa shape index (κ2) is 6.70. The maximum absolute atomic E-state index is 6.29. The van der Waals surface area contributed by atoms with E-state index in [1.165, 1.54) is 0 Å². The molecule has 20 heavy (non-hydrogen) atoms. The lowest BCUT2D eigenvalue weighted by Gasteiger charge is -2.11. The van der Waals surface area contributed by atoms with Gasteiger partial charge in [0.15, 0.2) is 0 Å². The molecule has 0 saturated heterocycles. The Morgan fingerprint density at radius 2 is 2.05 bits per heavy atom. The first-order chi connectivity index (χ1) is 9.58. The minimum Gasteiger partial charge on any atom is -0.487 e. The first kappa shape index (κ1) is 15.5. The minimum atomic E-state index is 0.300. The van der Waals surface area contributed by atoms with Crippen LogP contribution in [0, 0.1) is 0 Å². The molecule has 0 radical (unpaired) electrons. The van der Waals surface area contributed by atoms with Crippen LogP contribution in [0.3, 0.4) is 0 Å². The third-order valence-electron chi connectivity index (χ3n) is 3.08. The molecule has 0 bridgehead atoms. The largest absolute Gasteiger partial charge is 0.487 e. The number of hydrogen-bond acceptors (Lipinski definition) is 2. The molecule has 0 aliphatic heterocycles. The summed E-state index contributed by atoms with van der Waals surface area (Å²) in [6.45, 7) is 2.34. The van der Waals surface area contributed by atoms with Crippen molar-refractivity contribution in [2.24, 2.45) is 7.05 Å². The van der Waals surface area contributed by atoms with E-state index in [1.54, 1.807) is 10.7 Å². The van der Waals surface area contributed by atoms with E-state index >= 15 is 0 Å². The molecule has 0 N–H and O–H groups in total. The Morgan fingerprint density at radius 3 is 2.65 bits per heavy atom. The smallest absolute Gasteiger partial charge is 0.131 e. The van der Waals surface area contributed by atoms with E-state index in [9.17, 15) is 0 Å². The molecule has 108 valence electrons. The van der Waals surface area contributed by atoms with Gasteiger partial charge in [0.05, 0.1) is 22.3 Å². The van der Waals surface area contributed by atoms with Crippen molar-refractivity contribution in [2.45, 2.75) is 25.8 Å². The maximum Gasteiger partial charge on any atom is 0.131 e. The van der Waals surface area contributed by atoms with E-state index in [-0.39, 0.29) is 0 Å². The summed E-state index contributed by atoms with van der Waals surface area (Å²) >= 11 is 18.3. The Bertz CT molecular complexity index is 611. The van der Waals surface area contributed by atoms with Crippen molar-refractivity contribution in [1.82, 2.24) is 9.78 Å². The quantitative estimate of drug-likeness (QED) is 0.747. The van der Waals surface area contributed by atoms with Gasteiger partial charge >= 0.3 is 0 Å². The topological polar surface area (TPSA) is 27.1 Å². The first-order valence-electron chi connectivity index (χ1n) is 6.24. The van der Waals surface area contributed by atoms with Gasteiger partial charge in [0, 0.05) is 17.6 Å². The van der Waals surface area contributed by atoms with Gasteiger partial charge in [-0.25, -0.2) is 0 Å². The summed E-state index contributed by atoms with van der Waals surface area (Å²) < 4.78 is 7.54. The predicted octanol–water partition coefficient (Wildman–Crippen LogP) is 4.61. The molecule has 0 aliphatic carbocycles. The summed E-state index contributed by atoms with van der Waals surface area (Å²) in [4.78, 5) is 0. The zero-order valence-electron chi connectivity index (χ0n) is 11.3. The molecule has 1 aromatic carbocycles. The highest BCUT2D eigenvalue weighted by Gasteiger charge is 2.14. The molecule has 1 aromatic heterocycles. The number of aryl methyl sites for hydroxylation is 2. The molecule has 0 fully saturated rings. The second-order valence-corrected chi connectivity index (χ2v) is 5.38. The summed E-state index contributed by atoms with van der Waals surface area (Å²) in [6, 6.07) is 5.46. The Morgan fingerprint density at radius 1 is 1.30 bits per heavy atom. The Balaban J connectivity index is 2.21. The van der Waals surface area contributed by atoms with Crippen molar-refractivity contribution in [2.75, 3.05) is 0 Å². The minimum absolute atomic E-state index is 0.300. The zero-order chi connectivity index (χ0) is 14.7. The number of alkyl halides is 1. The predicted molar refractivity (Wildman–Crippen MR) is 82.9 cm³/mol. The third kappa shape index (κ3) is 3.05. The van der Waals surface area contributed by atoms with E-state index in [2.05, 4.69) is 5.10 Å². The summed E-state index contributed by atoms with van der Waals surface area (Å²) in [7, 11) is 1.85. The van der Waals surface area contributed by atoms with Crippen LogP contribution in [-0.4, -0.2) is 9.78 Å². The highest BCUT2D eigenvalue weighted by atomic mass is 35.5. The number of nitrogens with zero attached hydrogens (tertiary/aromatic N) is 2. The van der Waals surface area contributed by atoms with E-state index in [0.717, 1.165) is 23.4 Å². The van der Waals surface area contributed by atoms with Gasteiger partial charge in [-0.15, -0.1) is 11.6 Å². The van der Waals surface area contributed by atoms with Crippen LogP contribution in [0.1, 0.15) is 23.9 Å². The number of hydrogen-bond donors (Lipinski definition) is 0. The molecule has 0 atom stereocenters. The van der Waals surface area contributed by atoms with Gasteiger partial charge in [0.2, 0.25) is 0 Å². The van der Waals surface area contributed by atoms with Crippen LogP contribution >= 0.6 is 34.8 Å². The Kier molecular flexibility index (Phi) is 5.19. The van der Waals surface area contributed by atoms with E-state index in [0.29, 0.717) is 28.3 Å². The fourth-order valence-corrected chi connectivity index (χ4v) is 2.85. The molecular formula is C14H15Cl3N2O. The lowest BCUT2D eigenvalue weighted by Crippen LogP contribution is -2.04. The lowest BCUT2D eigenvalue weighted by molar-refractivity contribution is 0.293. The third-order valence-corrected chi connectivity index (χ3v) is 4.13. The lowest BCUT2D eigenvalue weighted by atomic mass is 10.2. The molecule has 2 rings (SSSR count). The first-order valence-corrected chi connectivity index (χ1v) is 7.53. The molecule has 3 nitrogen and oxygen atoms in total. The fraction of sp³-hybridized carbons (Fsp3) is 0.357. The number of aromatic nitrogens is 2. The van der Waals surface area contributed by atoms with Crippen molar-refractivity contribution < 1.29 is 4.74 Å². The van der Waals surface area contributed by atoms with E-state index < -0.39 is 0 Å². The van der Waals surface area contributed by atoms with Gasteiger partial charge < -0.3 is 4.74 Å². The SMILES string of the molecule is CCc1nn(C)c(COc2cccc(Cl)c2CCl)c1Cl. The van der Waals surface area contributed by atoms with Gasteiger partial charge in [0.1, 0.15) is 12.4 Å². The van der Waals surface area contributed by atoms with Gasteiger partial charge in [-0.05, 0) is 18.6 Å². The molecule has 0 aliphatic rings. The van der Waals surface area contributed by atoms with Crippen LogP contribution < -0.4 is 4.74 Å². The van der Waals surface area contributed by atoms with Crippen LogP contribution in [0.5, 0.6) is 5.75 Å². The summed E-state index contributed by atoms with van der Waals surface area (Å²) in [5.74, 6) is 0.969. The van der Waals surface area contributed by atoms with Gasteiger partial charge in [0.25, 0.3) is 0 Å². The molecule has 1 heterocycles.